The zero-order valence-electron chi connectivity index (χ0n) is 29.4. The van der Waals surface area contributed by atoms with E-state index >= 15 is 0 Å². The van der Waals surface area contributed by atoms with Crippen molar-refractivity contribution in [3.8, 4) is 0 Å². The van der Waals surface area contributed by atoms with Crippen LogP contribution in [0, 0.1) is 0 Å². The molecule has 256 valence electrons. The number of carbonyl (C=O) groups is 2. The van der Waals surface area contributed by atoms with Gasteiger partial charge in [-0.3, -0.25) is 0 Å². The maximum atomic E-state index is 11.7. The van der Waals surface area contributed by atoms with Gasteiger partial charge in [-0.2, -0.15) is 0 Å². The molecule has 0 heterocycles. The van der Waals surface area contributed by atoms with Crippen LogP contribution in [0.2, 0.25) is 0 Å². The summed E-state index contributed by atoms with van der Waals surface area (Å²) < 4.78 is 0. The summed E-state index contributed by atoms with van der Waals surface area (Å²) >= 11 is 8.61. The molecule has 45 heavy (non-hydrogen) atoms. The van der Waals surface area contributed by atoms with E-state index in [-0.39, 0.29) is 24.7 Å². The summed E-state index contributed by atoms with van der Waals surface area (Å²) in [6, 6.07) is 6.40. The van der Waals surface area contributed by atoms with Gasteiger partial charge in [0.2, 0.25) is 0 Å². The fourth-order valence-electron chi connectivity index (χ4n) is 6.04. The number of primary amides is 1. The molecule has 4 nitrogen and oxygen atoms in total. The minimum absolute atomic E-state index is 0. The molecule has 1 aromatic rings. The molecule has 0 aliphatic carbocycles. The fourth-order valence-corrected chi connectivity index (χ4v) is 6.15. The Morgan fingerprint density at radius 1 is 0.556 bits per heavy atom. The van der Waals surface area contributed by atoms with Crippen molar-refractivity contribution in [2.24, 2.45) is 5.73 Å². The van der Waals surface area contributed by atoms with Crippen LogP contribution in [0.25, 0.3) is 0 Å². The van der Waals surface area contributed by atoms with E-state index in [0.29, 0.717) is 0 Å². The van der Waals surface area contributed by atoms with Crippen LogP contribution in [0.3, 0.4) is 0 Å². The van der Waals surface area contributed by atoms with Crippen molar-refractivity contribution >= 4 is 41.4 Å². The maximum absolute atomic E-state index is 11.7. The molecule has 0 saturated carbocycles. The summed E-state index contributed by atoms with van der Waals surface area (Å²) in [7, 11) is 0. The summed E-state index contributed by atoms with van der Waals surface area (Å²) in [5.41, 5.74) is 7.99. The molecule has 0 spiro atoms. The number of carbonyl (C=O) groups excluding carboxylic acids is 2. The van der Waals surface area contributed by atoms with Crippen molar-refractivity contribution < 1.29 is 29.1 Å². The number of nitrogens with two attached hydrogens (primary N) is 1. The zero-order chi connectivity index (χ0) is 32.5. The second kappa shape index (κ2) is 36.1. The average molecular weight is 714 g/mol. The van der Waals surface area contributed by atoms with Crippen LogP contribution in [0.5, 0.6) is 0 Å². The molecule has 7 heteroatoms. The second-order valence-corrected chi connectivity index (χ2v) is 13.4. The van der Waals surface area contributed by atoms with Crippen LogP contribution in [0.15, 0.2) is 18.2 Å². The predicted molar refractivity (Wildman–Crippen MR) is 199 cm³/mol. The minimum atomic E-state index is -0.750. The maximum Gasteiger partial charge on any atom is 2.00 e. The standard InChI is InChI=1S/C37H67NOS.CH3NOS.Zn/c1-3-5-7-9-11-13-15-17-19-21-23-25-27-30-34-31-29-33-36(38-37(39)40)35(34)32-28-26-24-22-20-18-16-14-12-10-8-6-4-2;2-1(3)4;/h29,31,33H,3-28,30,32H2,1-2H3,(H2,38,39,40);(H3,2,3,4);/q;;+2/p-2. The number of hydrogen-bond acceptors (Lipinski definition) is 4. The molecule has 2 amide bonds. The SMILES string of the molecule is CCCCCCCCCCCCCCCc1cccc(NC(=O)[S-])c1CCCCCCCCCCCCCCC.NC(=O)[S-].[Zn+2]. The van der Waals surface area contributed by atoms with E-state index in [1.165, 1.54) is 178 Å². The summed E-state index contributed by atoms with van der Waals surface area (Å²) in [6.45, 7) is 4.58. The van der Waals surface area contributed by atoms with Crippen molar-refractivity contribution in [3.63, 3.8) is 0 Å². The molecule has 0 unspecified atom stereocenters. The van der Waals surface area contributed by atoms with Crippen molar-refractivity contribution in [2.75, 3.05) is 5.32 Å². The smallest absolute Gasteiger partial charge is 0.719 e. The quantitative estimate of drug-likeness (QED) is 0.0492. The molecule has 0 atom stereocenters. The largest absolute Gasteiger partial charge is 2.00 e. The van der Waals surface area contributed by atoms with Crippen LogP contribution >= 0.6 is 0 Å². The van der Waals surface area contributed by atoms with E-state index in [9.17, 15) is 4.79 Å². The van der Waals surface area contributed by atoms with E-state index in [0.717, 1.165) is 18.5 Å². The molecule has 3 N–H and O–H groups in total. The van der Waals surface area contributed by atoms with Crippen LogP contribution in [0.4, 0.5) is 15.3 Å². The normalized spacial score (nSPS) is 10.5. The third-order valence-corrected chi connectivity index (χ3v) is 8.69. The van der Waals surface area contributed by atoms with E-state index in [4.69, 9.17) is 17.4 Å². The number of anilines is 1. The number of unbranched alkanes of at least 4 members (excludes halogenated alkanes) is 24. The van der Waals surface area contributed by atoms with E-state index < -0.39 is 5.24 Å². The number of hydrogen-bond donors (Lipinski definition) is 2. The third-order valence-electron chi connectivity index (χ3n) is 8.59. The number of aryl methyl sites for hydroxylation is 1. The Balaban J connectivity index is 0. The molecule has 0 saturated heterocycles. The monoisotopic (exact) mass is 712 g/mol. The number of rotatable bonds is 29. The topological polar surface area (TPSA) is 72.2 Å². The fraction of sp³-hybridized carbons (Fsp3) is 0.789. The molecular formula is C38H68N2O2S2Zn. The number of nitrogens with one attached hydrogen (secondary N) is 1. The molecule has 0 aliphatic heterocycles. The Morgan fingerprint density at radius 2 is 0.867 bits per heavy atom. The molecule has 1 rings (SSSR count). The Bertz CT molecular complexity index is 806. The third kappa shape index (κ3) is 32.9. The molecule has 1 aromatic carbocycles. The van der Waals surface area contributed by atoms with Gasteiger partial charge in [0.15, 0.2) is 0 Å². The molecule has 0 fully saturated rings. The summed E-state index contributed by atoms with van der Waals surface area (Å²) in [4.78, 5) is 20.7. The van der Waals surface area contributed by atoms with E-state index in [1.54, 1.807) is 0 Å². The Hall–Kier alpha value is -0.777. The number of amides is 2. The van der Waals surface area contributed by atoms with Crippen molar-refractivity contribution in [1.29, 1.82) is 0 Å². The van der Waals surface area contributed by atoms with Gasteiger partial charge >= 0.3 is 19.5 Å². The predicted octanol–water partition coefficient (Wildman–Crippen LogP) is 12.6. The van der Waals surface area contributed by atoms with Crippen LogP contribution < -0.4 is 11.1 Å². The molecule has 0 aliphatic rings. The first-order valence-corrected chi connectivity index (χ1v) is 19.3. The van der Waals surface area contributed by atoms with Gasteiger partial charge in [-0.25, -0.2) is 0 Å². The first-order valence-electron chi connectivity index (χ1n) is 18.5. The van der Waals surface area contributed by atoms with Gasteiger partial charge < -0.3 is 45.9 Å². The first kappa shape index (κ1) is 46.3. The summed E-state index contributed by atoms with van der Waals surface area (Å²) in [5, 5.41) is 1.81. The van der Waals surface area contributed by atoms with E-state index in [2.05, 4.69) is 49.7 Å². The second-order valence-electron chi connectivity index (χ2n) is 12.7. The Kier molecular flexibility index (Phi) is 37.1. The van der Waals surface area contributed by atoms with Gasteiger partial charge in [-0.15, -0.1) is 0 Å². The van der Waals surface area contributed by atoms with Gasteiger partial charge in [-0.1, -0.05) is 180 Å². The zero-order valence-corrected chi connectivity index (χ0v) is 34.0. The van der Waals surface area contributed by atoms with Gasteiger partial charge in [0, 0.05) is 5.69 Å². The number of benzene rings is 1. The van der Waals surface area contributed by atoms with Crippen LogP contribution in [-0.2, 0) is 57.6 Å². The van der Waals surface area contributed by atoms with Crippen LogP contribution in [-0.4, -0.2) is 10.5 Å². The van der Waals surface area contributed by atoms with Crippen molar-refractivity contribution in [3.05, 3.63) is 29.3 Å². The van der Waals surface area contributed by atoms with Crippen LogP contribution in [0.1, 0.15) is 192 Å². The molecule has 0 bridgehead atoms. The minimum Gasteiger partial charge on any atom is -0.719 e. The average Bonchev–Trinajstić information content (AvgIpc) is 2.98. The van der Waals surface area contributed by atoms with Gasteiger partial charge in [0.05, 0.1) is 5.24 Å². The summed E-state index contributed by atoms with van der Waals surface area (Å²) in [6.07, 6.45) is 38.1. The van der Waals surface area contributed by atoms with E-state index in [1.807, 2.05) is 6.07 Å². The van der Waals surface area contributed by atoms with Crippen molar-refractivity contribution in [1.82, 2.24) is 0 Å². The Morgan fingerprint density at radius 3 is 1.20 bits per heavy atom. The first-order chi connectivity index (χ1) is 21.4. The van der Waals surface area contributed by atoms with Gasteiger partial charge in [-0.05, 0) is 42.9 Å². The van der Waals surface area contributed by atoms with Crippen molar-refractivity contribution in [2.45, 2.75) is 194 Å². The molecule has 0 radical (unpaired) electrons. The molecule has 0 aromatic heterocycles. The van der Waals surface area contributed by atoms with Gasteiger partial charge in [0.1, 0.15) is 5.24 Å². The molecular weight excluding hydrogens is 646 g/mol. The van der Waals surface area contributed by atoms with Gasteiger partial charge in [0.25, 0.3) is 0 Å². The Labute approximate surface area is 303 Å². The summed E-state index contributed by atoms with van der Waals surface area (Å²) in [5.74, 6) is 0.